The van der Waals surface area contributed by atoms with E-state index in [-0.39, 0.29) is 18.0 Å². The van der Waals surface area contributed by atoms with Gasteiger partial charge in [-0.3, -0.25) is 4.57 Å². The van der Waals surface area contributed by atoms with Crippen LogP contribution in [0.5, 0.6) is 0 Å². The molecule has 0 aromatic carbocycles. The second-order valence-corrected chi connectivity index (χ2v) is 8.61. The van der Waals surface area contributed by atoms with E-state index in [1.165, 1.54) is 0 Å². The van der Waals surface area contributed by atoms with Crippen molar-refractivity contribution in [1.82, 2.24) is 0 Å². The predicted octanol–water partition coefficient (Wildman–Crippen LogP) is 4.49. The zero-order valence-electron chi connectivity index (χ0n) is 14.3. The van der Waals surface area contributed by atoms with Crippen molar-refractivity contribution in [1.29, 1.82) is 0 Å². The van der Waals surface area contributed by atoms with Gasteiger partial charge in [0, 0.05) is 11.7 Å². The molecule has 0 bridgehead atoms. The standard InChI is InChI=1S/C16H31O4P/c1-7-19-16(17)15(10-9-13(3)4)12-21(18,20-8-2)11-14(5)6/h10,13-14H,7-9,11-12H2,1-6H3/b15-10+. The highest BCUT2D eigenvalue weighted by Gasteiger charge is 2.28. The van der Waals surface area contributed by atoms with Gasteiger partial charge in [-0.15, -0.1) is 0 Å². The van der Waals surface area contributed by atoms with Gasteiger partial charge in [0.25, 0.3) is 0 Å². The highest BCUT2D eigenvalue weighted by atomic mass is 31.2. The molecule has 5 heteroatoms. The van der Waals surface area contributed by atoms with Gasteiger partial charge in [-0.1, -0.05) is 33.8 Å². The quantitative estimate of drug-likeness (QED) is 0.338. The van der Waals surface area contributed by atoms with Crippen LogP contribution in [0, 0.1) is 11.8 Å². The number of carbonyl (C=O) groups is 1. The van der Waals surface area contributed by atoms with E-state index in [4.69, 9.17) is 9.26 Å². The first kappa shape index (κ1) is 20.4. The highest BCUT2D eigenvalue weighted by Crippen LogP contribution is 2.50. The maximum atomic E-state index is 12.9. The van der Waals surface area contributed by atoms with E-state index in [2.05, 4.69) is 13.8 Å². The van der Waals surface area contributed by atoms with Gasteiger partial charge < -0.3 is 9.26 Å². The molecule has 0 aliphatic heterocycles. The number of hydrogen-bond donors (Lipinski definition) is 0. The Balaban J connectivity index is 5.17. The molecule has 0 amide bonds. The van der Waals surface area contributed by atoms with Crippen LogP contribution in [0.3, 0.4) is 0 Å². The number of ether oxygens (including phenoxy) is 1. The third-order valence-electron chi connectivity index (χ3n) is 2.79. The van der Waals surface area contributed by atoms with Gasteiger partial charge in [-0.2, -0.15) is 0 Å². The molecule has 21 heavy (non-hydrogen) atoms. The summed E-state index contributed by atoms with van der Waals surface area (Å²) in [4.78, 5) is 12.1. The van der Waals surface area contributed by atoms with Crippen molar-refractivity contribution in [2.24, 2.45) is 11.8 Å². The first-order chi connectivity index (χ1) is 9.74. The van der Waals surface area contributed by atoms with Crippen LogP contribution in [-0.4, -0.2) is 31.5 Å². The SMILES string of the molecule is CCOC(=O)/C(=C/CC(C)C)CP(=O)(CC(C)C)OCC. The average molecular weight is 318 g/mol. The van der Waals surface area contributed by atoms with Crippen molar-refractivity contribution in [3.8, 4) is 0 Å². The summed E-state index contributed by atoms with van der Waals surface area (Å²) in [7, 11) is -2.84. The van der Waals surface area contributed by atoms with E-state index in [1.54, 1.807) is 6.92 Å². The van der Waals surface area contributed by atoms with E-state index in [9.17, 15) is 9.36 Å². The molecular formula is C16H31O4P. The molecule has 0 heterocycles. The Hall–Kier alpha value is -0.600. The lowest BCUT2D eigenvalue weighted by atomic mass is 10.1. The van der Waals surface area contributed by atoms with Crippen molar-refractivity contribution in [2.45, 2.75) is 48.0 Å². The van der Waals surface area contributed by atoms with Gasteiger partial charge in [0.15, 0.2) is 0 Å². The van der Waals surface area contributed by atoms with E-state index >= 15 is 0 Å². The van der Waals surface area contributed by atoms with Crippen LogP contribution >= 0.6 is 7.37 Å². The Morgan fingerprint density at radius 1 is 1.10 bits per heavy atom. The molecule has 0 saturated carbocycles. The molecule has 4 nitrogen and oxygen atoms in total. The van der Waals surface area contributed by atoms with Crippen LogP contribution in [-0.2, 0) is 18.6 Å². The molecule has 0 aromatic rings. The summed E-state index contributed by atoms with van der Waals surface area (Å²) in [6, 6.07) is 0. The average Bonchev–Trinajstić information content (AvgIpc) is 2.33. The molecule has 1 atom stereocenters. The minimum absolute atomic E-state index is 0.171. The molecule has 0 aromatic heterocycles. The Morgan fingerprint density at radius 2 is 1.71 bits per heavy atom. The zero-order chi connectivity index (χ0) is 16.5. The fraction of sp³-hybridized carbons (Fsp3) is 0.812. The van der Waals surface area contributed by atoms with Crippen molar-refractivity contribution in [2.75, 3.05) is 25.5 Å². The lowest BCUT2D eigenvalue weighted by Gasteiger charge is -2.21. The minimum atomic E-state index is -2.84. The van der Waals surface area contributed by atoms with Gasteiger partial charge in [-0.05, 0) is 32.1 Å². The molecule has 0 rings (SSSR count). The minimum Gasteiger partial charge on any atom is -0.463 e. The lowest BCUT2D eigenvalue weighted by Crippen LogP contribution is -2.15. The Bertz CT molecular complexity index is 386. The molecule has 0 aliphatic rings. The topological polar surface area (TPSA) is 52.6 Å². The van der Waals surface area contributed by atoms with Gasteiger partial charge in [0.1, 0.15) is 0 Å². The molecule has 124 valence electrons. The summed E-state index contributed by atoms with van der Waals surface area (Å²) in [6.07, 6.45) is 3.28. The largest absolute Gasteiger partial charge is 0.463 e. The number of rotatable bonds is 10. The lowest BCUT2D eigenvalue weighted by molar-refractivity contribution is -0.138. The number of allylic oxidation sites excluding steroid dienone is 1. The summed E-state index contributed by atoms with van der Waals surface area (Å²) >= 11 is 0. The van der Waals surface area contributed by atoms with Gasteiger partial charge in [0.2, 0.25) is 7.37 Å². The Morgan fingerprint density at radius 3 is 2.14 bits per heavy atom. The van der Waals surface area contributed by atoms with Crippen molar-refractivity contribution >= 4 is 13.3 Å². The van der Waals surface area contributed by atoms with Crippen molar-refractivity contribution in [3.63, 3.8) is 0 Å². The number of esters is 1. The first-order valence-electron chi connectivity index (χ1n) is 7.82. The number of carbonyl (C=O) groups excluding carboxylic acids is 1. The fourth-order valence-corrected chi connectivity index (χ4v) is 4.71. The van der Waals surface area contributed by atoms with Gasteiger partial charge >= 0.3 is 5.97 Å². The van der Waals surface area contributed by atoms with Crippen LogP contribution in [0.15, 0.2) is 11.6 Å². The van der Waals surface area contributed by atoms with E-state index in [1.807, 2.05) is 26.8 Å². The third kappa shape index (κ3) is 9.10. The molecule has 0 spiro atoms. The molecule has 0 aliphatic carbocycles. The molecule has 0 N–H and O–H groups in total. The maximum absolute atomic E-state index is 12.9. The van der Waals surface area contributed by atoms with Gasteiger partial charge in [0.05, 0.1) is 19.4 Å². The fourth-order valence-electron chi connectivity index (χ4n) is 2.03. The van der Waals surface area contributed by atoms with Gasteiger partial charge in [-0.25, -0.2) is 4.79 Å². The number of hydrogen-bond acceptors (Lipinski definition) is 4. The molecule has 0 fully saturated rings. The summed E-state index contributed by atoms with van der Waals surface area (Å²) in [5.74, 6) is 0.323. The monoisotopic (exact) mass is 318 g/mol. The van der Waals surface area contributed by atoms with Crippen molar-refractivity contribution in [3.05, 3.63) is 11.6 Å². The van der Waals surface area contributed by atoms with Crippen LogP contribution in [0.2, 0.25) is 0 Å². The molecular weight excluding hydrogens is 287 g/mol. The zero-order valence-corrected chi connectivity index (χ0v) is 15.2. The van der Waals surface area contributed by atoms with E-state index < -0.39 is 7.37 Å². The highest BCUT2D eigenvalue weighted by molar-refractivity contribution is 7.59. The first-order valence-corrected chi connectivity index (χ1v) is 9.82. The van der Waals surface area contributed by atoms with Crippen LogP contribution in [0.25, 0.3) is 0 Å². The summed E-state index contributed by atoms with van der Waals surface area (Å²) in [5.41, 5.74) is 0.489. The molecule has 1 unspecified atom stereocenters. The van der Waals surface area contributed by atoms with E-state index in [0.717, 1.165) is 6.42 Å². The third-order valence-corrected chi connectivity index (χ3v) is 5.63. The van der Waals surface area contributed by atoms with Crippen LogP contribution in [0.1, 0.15) is 48.0 Å². The second kappa shape index (κ2) is 10.2. The Labute approximate surface area is 129 Å². The summed E-state index contributed by atoms with van der Waals surface area (Å²) < 4.78 is 23.5. The summed E-state index contributed by atoms with van der Waals surface area (Å²) in [5, 5.41) is 0. The summed E-state index contributed by atoms with van der Waals surface area (Å²) in [6.45, 7) is 12.5. The predicted molar refractivity (Wildman–Crippen MR) is 88.0 cm³/mol. The normalized spacial score (nSPS) is 15.3. The second-order valence-electron chi connectivity index (χ2n) is 6.05. The maximum Gasteiger partial charge on any atom is 0.334 e. The molecule has 0 radical (unpaired) electrons. The van der Waals surface area contributed by atoms with Crippen LogP contribution < -0.4 is 0 Å². The van der Waals surface area contributed by atoms with E-state index in [0.29, 0.717) is 30.9 Å². The van der Waals surface area contributed by atoms with Crippen molar-refractivity contribution < 1.29 is 18.6 Å². The molecule has 0 saturated heterocycles. The smallest absolute Gasteiger partial charge is 0.334 e. The van der Waals surface area contributed by atoms with Crippen LogP contribution in [0.4, 0.5) is 0 Å². The Kier molecular flexibility index (Phi) is 9.89.